The molecule has 3 rings (SSSR count). The Morgan fingerprint density at radius 2 is 2.00 bits per heavy atom. The average Bonchev–Trinajstić information content (AvgIpc) is 2.72. The summed E-state index contributed by atoms with van der Waals surface area (Å²) in [6.07, 6.45) is 0. The zero-order chi connectivity index (χ0) is 10.6. The fraction of sp³-hybridized carbons (Fsp3) is 0.167. The van der Waals surface area contributed by atoms with Gasteiger partial charge in [0.15, 0.2) is 5.58 Å². The van der Waals surface area contributed by atoms with Crippen LogP contribution in [0, 0.1) is 6.92 Å². The van der Waals surface area contributed by atoms with E-state index in [4.69, 9.17) is 10.2 Å². The standard InChI is InChI=1S/C12H12N2O/c1-7-10(13)12-11(14(7)2)8-5-3-4-6-9(8)15-12/h3-6H,13H2,1-2H3. The number of nitrogens with two attached hydrogens (primary N) is 1. The molecule has 0 atom stereocenters. The van der Waals surface area contributed by atoms with Gasteiger partial charge in [-0.3, -0.25) is 0 Å². The van der Waals surface area contributed by atoms with Crippen molar-refractivity contribution in [3.8, 4) is 0 Å². The smallest absolute Gasteiger partial charge is 0.176 e. The van der Waals surface area contributed by atoms with Crippen LogP contribution in [0.3, 0.4) is 0 Å². The van der Waals surface area contributed by atoms with Gasteiger partial charge in [0, 0.05) is 18.1 Å². The summed E-state index contributed by atoms with van der Waals surface area (Å²) >= 11 is 0. The van der Waals surface area contributed by atoms with Gasteiger partial charge in [-0.2, -0.15) is 0 Å². The van der Waals surface area contributed by atoms with Crippen LogP contribution >= 0.6 is 0 Å². The van der Waals surface area contributed by atoms with E-state index in [1.807, 2.05) is 32.2 Å². The van der Waals surface area contributed by atoms with Gasteiger partial charge >= 0.3 is 0 Å². The summed E-state index contributed by atoms with van der Waals surface area (Å²) in [4.78, 5) is 0. The van der Waals surface area contributed by atoms with E-state index in [0.717, 1.165) is 33.5 Å². The molecule has 0 bridgehead atoms. The molecule has 0 aliphatic rings. The van der Waals surface area contributed by atoms with Crippen molar-refractivity contribution in [3.05, 3.63) is 30.0 Å². The molecule has 0 aliphatic heterocycles. The molecule has 0 saturated carbocycles. The van der Waals surface area contributed by atoms with Crippen LogP contribution in [0.2, 0.25) is 0 Å². The molecule has 0 radical (unpaired) electrons. The largest absolute Gasteiger partial charge is 0.452 e. The molecule has 0 fully saturated rings. The van der Waals surface area contributed by atoms with E-state index in [1.54, 1.807) is 0 Å². The Labute approximate surface area is 87.1 Å². The lowest BCUT2D eigenvalue weighted by atomic mass is 10.2. The predicted molar refractivity (Wildman–Crippen MR) is 61.8 cm³/mol. The number of anilines is 1. The van der Waals surface area contributed by atoms with Gasteiger partial charge in [0.2, 0.25) is 0 Å². The number of hydrogen-bond acceptors (Lipinski definition) is 2. The van der Waals surface area contributed by atoms with Crippen molar-refractivity contribution in [1.82, 2.24) is 4.57 Å². The predicted octanol–water partition coefficient (Wildman–Crippen LogP) is 2.82. The van der Waals surface area contributed by atoms with E-state index < -0.39 is 0 Å². The number of benzene rings is 1. The highest BCUT2D eigenvalue weighted by Gasteiger charge is 2.16. The molecule has 2 heterocycles. The van der Waals surface area contributed by atoms with Crippen molar-refractivity contribution in [2.45, 2.75) is 6.92 Å². The highest BCUT2D eigenvalue weighted by Crippen LogP contribution is 2.35. The molecular formula is C12H12N2O. The summed E-state index contributed by atoms with van der Waals surface area (Å²) in [5.41, 5.74) is 10.6. The summed E-state index contributed by atoms with van der Waals surface area (Å²) in [6, 6.07) is 7.99. The Hall–Kier alpha value is -1.90. The first kappa shape index (κ1) is 8.41. The molecule has 3 heteroatoms. The number of hydrogen-bond donors (Lipinski definition) is 1. The average molecular weight is 200 g/mol. The Bertz CT molecular complexity index is 661. The number of furan rings is 1. The van der Waals surface area contributed by atoms with Gasteiger partial charge in [0.05, 0.1) is 11.2 Å². The van der Waals surface area contributed by atoms with E-state index in [2.05, 4.69) is 10.6 Å². The van der Waals surface area contributed by atoms with Crippen molar-refractivity contribution >= 4 is 27.8 Å². The molecule has 2 aromatic heterocycles. The van der Waals surface area contributed by atoms with Gasteiger partial charge in [-0.1, -0.05) is 12.1 Å². The third kappa shape index (κ3) is 0.897. The van der Waals surface area contributed by atoms with Crippen LogP contribution in [0.5, 0.6) is 0 Å². The third-order valence-electron chi connectivity index (χ3n) is 3.04. The molecule has 0 amide bonds. The fourth-order valence-corrected chi connectivity index (χ4v) is 2.06. The van der Waals surface area contributed by atoms with Crippen molar-refractivity contribution in [2.24, 2.45) is 7.05 Å². The van der Waals surface area contributed by atoms with Crippen molar-refractivity contribution in [1.29, 1.82) is 0 Å². The molecule has 0 unspecified atom stereocenters. The second-order valence-corrected chi connectivity index (χ2v) is 3.83. The summed E-state index contributed by atoms with van der Waals surface area (Å²) in [5, 5.41) is 1.12. The zero-order valence-electron chi connectivity index (χ0n) is 8.74. The van der Waals surface area contributed by atoms with E-state index in [0.29, 0.717) is 0 Å². The van der Waals surface area contributed by atoms with Crippen molar-refractivity contribution in [2.75, 3.05) is 5.73 Å². The molecule has 0 spiro atoms. The van der Waals surface area contributed by atoms with Crippen LogP contribution < -0.4 is 5.73 Å². The van der Waals surface area contributed by atoms with Crippen LogP contribution in [-0.4, -0.2) is 4.57 Å². The van der Waals surface area contributed by atoms with Crippen LogP contribution in [-0.2, 0) is 7.05 Å². The Morgan fingerprint density at radius 1 is 1.27 bits per heavy atom. The molecule has 2 N–H and O–H groups in total. The van der Waals surface area contributed by atoms with Gasteiger partial charge < -0.3 is 14.7 Å². The summed E-state index contributed by atoms with van der Waals surface area (Å²) in [7, 11) is 2.01. The SMILES string of the molecule is Cc1c(N)c2oc3ccccc3c2n1C. The Morgan fingerprint density at radius 3 is 2.80 bits per heavy atom. The van der Waals surface area contributed by atoms with E-state index in [-0.39, 0.29) is 0 Å². The summed E-state index contributed by atoms with van der Waals surface area (Å²) < 4.78 is 7.82. The number of aromatic nitrogens is 1. The maximum absolute atomic E-state index is 5.99. The normalized spacial score (nSPS) is 11.6. The first-order valence-corrected chi connectivity index (χ1v) is 4.92. The van der Waals surface area contributed by atoms with Crippen molar-refractivity contribution in [3.63, 3.8) is 0 Å². The molecule has 0 saturated heterocycles. The van der Waals surface area contributed by atoms with Gasteiger partial charge in [0.25, 0.3) is 0 Å². The molecular weight excluding hydrogens is 188 g/mol. The second-order valence-electron chi connectivity index (χ2n) is 3.83. The topological polar surface area (TPSA) is 44.1 Å². The highest BCUT2D eigenvalue weighted by atomic mass is 16.3. The monoisotopic (exact) mass is 200 g/mol. The molecule has 3 nitrogen and oxygen atoms in total. The number of fused-ring (bicyclic) bond motifs is 3. The zero-order valence-corrected chi connectivity index (χ0v) is 8.74. The lowest BCUT2D eigenvalue weighted by molar-refractivity contribution is 0.670. The van der Waals surface area contributed by atoms with Gasteiger partial charge in [-0.15, -0.1) is 0 Å². The Balaban J connectivity index is 2.65. The summed E-state index contributed by atoms with van der Waals surface area (Å²) in [6.45, 7) is 2.00. The molecule has 0 aliphatic carbocycles. The van der Waals surface area contributed by atoms with Crippen LogP contribution in [0.1, 0.15) is 5.69 Å². The van der Waals surface area contributed by atoms with Crippen LogP contribution in [0.4, 0.5) is 5.69 Å². The summed E-state index contributed by atoms with van der Waals surface area (Å²) in [5.74, 6) is 0. The van der Waals surface area contributed by atoms with Gasteiger partial charge in [0.1, 0.15) is 5.58 Å². The first-order valence-electron chi connectivity index (χ1n) is 4.92. The number of aryl methyl sites for hydroxylation is 1. The minimum Gasteiger partial charge on any atom is -0.452 e. The number of para-hydroxylation sites is 1. The lowest BCUT2D eigenvalue weighted by Crippen LogP contribution is -1.92. The van der Waals surface area contributed by atoms with E-state index in [1.165, 1.54) is 0 Å². The molecule has 1 aromatic carbocycles. The van der Waals surface area contributed by atoms with E-state index in [9.17, 15) is 0 Å². The van der Waals surface area contributed by atoms with Crippen molar-refractivity contribution < 1.29 is 4.42 Å². The fourth-order valence-electron chi connectivity index (χ4n) is 2.06. The maximum atomic E-state index is 5.99. The highest BCUT2D eigenvalue weighted by molar-refractivity contribution is 6.08. The van der Waals surface area contributed by atoms with Gasteiger partial charge in [-0.05, 0) is 19.1 Å². The quantitative estimate of drug-likeness (QED) is 0.606. The number of rotatable bonds is 0. The van der Waals surface area contributed by atoms with E-state index >= 15 is 0 Å². The molecule has 15 heavy (non-hydrogen) atoms. The minimum atomic E-state index is 0.740. The Kier molecular flexibility index (Phi) is 1.44. The second kappa shape index (κ2) is 2.57. The first-order chi connectivity index (χ1) is 7.20. The van der Waals surface area contributed by atoms with Crippen LogP contribution in [0.15, 0.2) is 28.7 Å². The van der Waals surface area contributed by atoms with Crippen LogP contribution in [0.25, 0.3) is 22.1 Å². The van der Waals surface area contributed by atoms with Gasteiger partial charge in [-0.25, -0.2) is 0 Å². The number of nitrogens with zero attached hydrogens (tertiary/aromatic N) is 1. The minimum absolute atomic E-state index is 0.740. The molecule has 3 aromatic rings. The lowest BCUT2D eigenvalue weighted by Gasteiger charge is -1.97. The molecule has 76 valence electrons. The number of nitrogen functional groups attached to an aromatic ring is 1. The maximum Gasteiger partial charge on any atom is 0.176 e. The third-order valence-corrected chi connectivity index (χ3v) is 3.04.